The van der Waals surface area contributed by atoms with Crippen molar-refractivity contribution in [3.05, 3.63) is 94.3 Å². The van der Waals surface area contributed by atoms with E-state index in [2.05, 4.69) is 77.2 Å². The number of hydrogen-bond donors (Lipinski definition) is 0. The Morgan fingerprint density at radius 1 is 1.00 bits per heavy atom. The van der Waals surface area contributed by atoms with E-state index in [0.717, 1.165) is 31.1 Å². The lowest BCUT2D eigenvalue weighted by Gasteiger charge is -2.31. The standard InChI is InChI=1S/C22H23ClN2/c1-17-8-10-18(11-9-17)16-25-14-4-13-24-12-3-7-21(24)22(25)19-5-2-6-20(23)15-19/h2-3,5-12,15,22H,4,13-14,16H2,1H3. The lowest BCUT2D eigenvalue weighted by atomic mass is 10.0. The van der Waals surface area contributed by atoms with Gasteiger partial charge < -0.3 is 4.57 Å². The molecule has 2 aromatic carbocycles. The second kappa shape index (κ2) is 7.07. The van der Waals surface area contributed by atoms with E-state index in [1.165, 1.54) is 22.4 Å². The smallest absolute Gasteiger partial charge is 0.0759 e. The number of hydrogen-bond acceptors (Lipinski definition) is 1. The highest BCUT2D eigenvalue weighted by molar-refractivity contribution is 6.30. The predicted molar refractivity (Wildman–Crippen MR) is 104 cm³/mol. The molecular formula is C22H23ClN2. The summed E-state index contributed by atoms with van der Waals surface area (Å²) in [7, 11) is 0. The third-order valence-corrected chi connectivity index (χ3v) is 5.26. The molecule has 1 aliphatic rings. The van der Waals surface area contributed by atoms with Crippen molar-refractivity contribution < 1.29 is 0 Å². The molecule has 0 saturated carbocycles. The molecule has 25 heavy (non-hydrogen) atoms. The molecule has 2 heterocycles. The first-order valence-electron chi connectivity index (χ1n) is 8.91. The summed E-state index contributed by atoms with van der Waals surface area (Å²) in [6.45, 7) is 5.23. The SMILES string of the molecule is Cc1ccc(CN2CCCn3cccc3C2c2cccc(Cl)c2)cc1. The normalized spacial score (nSPS) is 17.9. The fourth-order valence-corrected chi connectivity index (χ4v) is 3.99. The van der Waals surface area contributed by atoms with Gasteiger partial charge in [0.15, 0.2) is 0 Å². The van der Waals surface area contributed by atoms with Gasteiger partial charge in [-0.05, 0) is 48.7 Å². The van der Waals surface area contributed by atoms with E-state index >= 15 is 0 Å². The molecule has 1 atom stereocenters. The van der Waals surface area contributed by atoms with E-state index in [1.807, 2.05) is 6.07 Å². The van der Waals surface area contributed by atoms with Crippen LogP contribution in [-0.4, -0.2) is 16.0 Å². The van der Waals surface area contributed by atoms with E-state index in [4.69, 9.17) is 11.6 Å². The largest absolute Gasteiger partial charge is 0.350 e. The van der Waals surface area contributed by atoms with Crippen LogP contribution in [0.5, 0.6) is 0 Å². The monoisotopic (exact) mass is 350 g/mol. The van der Waals surface area contributed by atoms with Gasteiger partial charge in [-0.1, -0.05) is 53.6 Å². The van der Waals surface area contributed by atoms with Crippen molar-refractivity contribution >= 4 is 11.6 Å². The molecular weight excluding hydrogens is 328 g/mol. The van der Waals surface area contributed by atoms with Crippen molar-refractivity contribution in [2.24, 2.45) is 0 Å². The van der Waals surface area contributed by atoms with Crippen LogP contribution >= 0.6 is 11.6 Å². The Balaban J connectivity index is 1.74. The fraction of sp³-hybridized carbons (Fsp3) is 0.273. The quantitative estimate of drug-likeness (QED) is 0.610. The van der Waals surface area contributed by atoms with Crippen LogP contribution in [0.3, 0.4) is 0 Å². The molecule has 3 aromatic rings. The highest BCUT2D eigenvalue weighted by Gasteiger charge is 2.27. The average Bonchev–Trinajstić information content (AvgIpc) is 2.98. The molecule has 0 amide bonds. The molecule has 0 bridgehead atoms. The van der Waals surface area contributed by atoms with Gasteiger partial charge in [-0.15, -0.1) is 0 Å². The number of halogens is 1. The Hall–Kier alpha value is -2.03. The molecule has 1 unspecified atom stereocenters. The molecule has 1 aliphatic heterocycles. The second-order valence-corrected chi connectivity index (χ2v) is 7.33. The second-order valence-electron chi connectivity index (χ2n) is 6.89. The van der Waals surface area contributed by atoms with Crippen molar-refractivity contribution in [2.75, 3.05) is 6.54 Å². The molecule has 0 radical (unpaired) electrons. The summed E-state index contributed by atoms with van der Waals surface area (Å²) in [6, 6.07) is 21.8. The van der Waals surface area contributed by atoms with Gasteiger partial charge in [-0.2, -0.15) is 0 Å². The topological polar surface area (TPSA) is 8.17 Å². The van der Waals surface area contributed by atoms with Crippen LogP contribution in [0.1, 0.15) is 34.8 Å². The maximum atomic E-state index is 6.31. The number of aromatic nitrogens is 1. The molecule has 128 valence electrons. The average molecular weight is 351 g/mol. The van der Waals surface area contributed by atoms with Crippen LogP contribution in [0.25, 0.3) is 0 Å². The molecule has 0 aliphatic carbocycles. The Morgan fingerprint density at radius 3 is 2.64 bits per heavy atom. The van der Waals surface area contributed by atoms with Crippen molar-refractivity contribution in [2.45, 2.75) is 32.5 Å². The fourth-order valence-electron chi connectivity index (χ4n) is 3.80. The van der Waals surface area contributed by atoms with E-state index in [0.29, 0.717) is 0 Å². The molecule has 1 aromatic heterocycles. The summed E-state index contributed by atoms with van der Waals surface area (Å²) in [5.74, 6) is 0. The van der Waals surface area contributed by atoms with Gasteiger partial charge in [-0.3, -0.25) is 4.90 Å². The van der Waals surface area contributed by atoms with Crippen LogP contribution in [0, 0.1) is 6.92 Å². The third kappa shape index (κ3) is 3.51. The van der Waals surface area contributed by atoms with Crippen LogP contribution in [-0.2, 0) is 13.1 Å². The predicted octanol–water partition coefficient (Wildman–Crippen LogP) is 5.45. The van der Waals surface area contributed by atoms with Gasteiger partial charge in [0.1, 0.15) is 0 Å². The summed E-state index contributed by atoms with van der Waals surface area (Å²) in [5, 5.41) is 0.801. The van der Waals surface area contributed by atoms with Crippen molar-refractivity contribution in [1.82, 2.24) is 9.47 Å². The van der Waals surface area contributed by atoms with Gasteiger partial charge >= 0.3 is 0 Å². The number of aryl methyl sites for hydroxylation is 2. The van der Waals surface area contributed by atoms with Crippen LogP contribution < -0.4 is 0 Å². The summed E-state index contributed by atoms with van der Waals surface area (Å²) in [6.07, 6.45) is 3.35. The number of fused-ring (bicyclic) bond motifs is 1. The maximum Gasteiger partial charge on any atom is 0.0759 e. The molecule has 0 saturated heterocycles. The first-order valence-corrected chi connectivity index (χ1v) is 9.28. The highest BCUT2D eigenvalue weighted by Crippen LogP contribution is 2.34. The van der Waals surface area contributed by atoms with Gasteiger partial charge in [-0.25, -0.2) is 0 Å². The number of nitrogens with zero attached hydrogens (tertiary/aromatic N) is 2. The lowest BCUT2D eigenvalue weighted by molar-refractivity contribution is 0.220. The van der Waals surface area contributed by atoms with Crippen molar-refractivity contribution in [3.8, 4) is 0 Å². The third-order valence-electron chi connectivity index (χ3n) is 5.02. The van der Waals surface area contributed by atoms with Crippen molar-refractivity contribution in [1.29, 1.82) is 0 Å². The van der Waals surface area contributed by atoms with Crippen molar-refractivity contribution in [3.63, 3.8) is 0 Å². The van der Waals surface area contributed by atoms with E-state index in [1.54, 1.807) is 0 Å². The highest BCUT2D eigenvalue weighted by atomic mass is 35.5. The molecule has 0 spiro atoms. The maximum absolute atomic E-state index is 6.31. The zero-order chi connectivity index (χ0) is 17.2. The number of benzene rings is 2. The molecule has 4 rings (SSSR count). The molecule has 2 nitrogen and oxygen atoms in total. The van der Waals surface area contributed by atoms with Gasteiger partial charge in [0.05, 0.1) is 6.04 Å². The van der Waals surface area contributed by atoms with Gasteiger partial charge in [0.25, 0.3) is 0 Å². The Labute approximate surface area is 154 Å². The van der Waals surface area contributed by atoms with Gasteiger partial charge in [0.2, 0.25) is 0 Å². The zero-order valence-corrected chi connectivity index (χ0v) is 15.3. The summed E-state index contributed by atoms with van der Waals surface area (Å²) >= 11 is 6.31. The minimum Gasteiger partial charge on any atom is -0.350 e. The Kier molecular flexibility index (Phi) is 4.65. The van der Waals surface area contributed by atoms with Crippen LogP contribution in [0.2, 0.25) is 5.02 Å². The first kappa shape index (κ1) is 16.4. The molecule has 0 fully saturated rings. The minimum absolute atomic E-state index is 0.234. The lowest BCUT2D eigenvalue weighted by Crippen LogP contribution is -2.29. The molecule has 0 N–H and O–H groups in total. The van der Waals surface area contributed by atoms with Crippen LogP contribution in [0.15, 0.2) is 66.9 Å². The summed E-state index contributed by atoms with van der Waals surface area (Å²) in [4.78, 5) is 2.58. The van der Waals surface area contributed by atoms with E-state index in [9.17, 15) is 0 Å². The van der Waals surface area contributed by atoms with Gasteiger partial charge in [0, 0.05) is 36.5 Å². The van der Waals surface area contributed by atoms with E-state index < -0.39 is 0 Å². The minimum atomic E-state index is 0.234. The van der Waals surface area contributed by atoms with E-state index in [-0.39, 0.29) is 6.04 Å². The molecule has 3 heteroatoms. The first-order chi connectivity index (χ1) is 12.2. The number of rotatable bonds is 3. The summed E-state index contributed by atoms with van der Waals surface area (Å²) < 4.78 is 2.39. The van der Waals surface area contributed by atoms with Crippen LogP contribution in [0.4, 0.5) is 0 Å². The Morgan fingerprint density at radius 2 is 1.84 bits per heavy atom. The zero-order valence-electron chi connectivity index (χ0n) is 14.5. The Bertz CT molecular complexity index is 850. The summed E-state index contributed by atoms with van der Waals surface area (Å²) in [5.41, 5.74) is 5.28.